The molecule has 0 fully saturated rings. The number of aromatic nitrogens is 5. The minimum atomic E-state index is -0.879. The normalized spacial score (nSPS) is 10.9. The van der Waals surface area contributed by atoms with Crippen molar-refractivity contribution in [2.24, 2.45) is 0 Å². The molecule has 0 amide bonds. The molecule has 0 spiro atoms. The largest absolute Gasteiger partial charge is 0.485 e. The average molecular weight is 502 g/mol. The molecule has 9 nitrogen and oxygen atoms in total. The van der Waals surface area contributed by atoms with E-state index in [1.165, 1.54) is 40.9 Å². The van der Waals surface area contributed by atoms with Crippen LogP contribution in [0.4, 0.5) is 8.78 Å². The highest BCUT2D eigenvalue weighted by Gasteiger charge is 2.19. The zero-order valence-corrected chi connectivity index (χ0v) is 19.5. The van der Waals surface area contributed by atoms with Crippen LogP contribution in [0.1, 0.15) is 27.4 Å². The second kappa shape index (κ2) is 9.63. The fourth-order valence-corrected chi connectivity index (χ4v) is 3.58. The number of rotatable bonds is 6. The van der Waals surface area contributed by atoms with E-state index in [2.05, 4.69) is 15.1 Å². The molecule has 0 radical (unpaired) electrons. The number of methoxy groups -OCH3 is 1. The number of halogens is 3. The van der Waals surface area contributed by atoms with E-state index in [-0.39, 0.29) is 34.6 Å². The highest BCUT2D eigenvalue weighted by Crippen LogP contribution is 2.26. The molecule has 0 atom stereocenters. The maximum absolute atomic E-state index is 13.9. The van der Waals surface area contributed by atoms with Gasteiger partial charge in [-0.2, -0.15) is 5.10 Å². The summed E-state index contributed by atoms with van der Waals surface area (Å²) in [5.74, 6) is -2.00. The maximum atomic E-state index is 13.9. The SMILES string of the molecule is COC(=O)c1ccnn1-c1cc(-n2c(C)cc(OCc3ncc(F)cc3F)c(Cl)c2=O)c(C)cn1. The lowest BCUT2D eigenvalue weighted by atomic mass is 10.2. The van der Waals surface area contributed by atoms with Gasteiger partial charge in [-0.3, -0.25) is 14.3 Å². The van der Waals surface area contributed by atoms with Gasteiger partial charge in [-0.15, -0.1) is 0 Å². The Morgan fingerprint density at radius 1 is 1.14 bits per heavy atom. The molecular weight excluding hydrogens is 484 g/mol. The van der Waals surface area contributed by atoms with Crippen molar-refractivity contribution in [3.63, 3.8) is 0 Å². The van der Waals surface area contributed by atoms with E-state index in [9.17, 15) is 18.4 Å². The lowest BCUT2D eigenvalue weighted by Gasteiger charge is -2.17. The number of hydrogen-bond donors (Lipinski definition) is 0. The van der Waals surface area contributed by atoms with Crippen molar-refractivity contribution in [3.8, 4) is 17.3 Å². The van der Waals surface area contributed by atoms with Crippen LogP contribution in [-0.4, -0.2) is 37.4 Å². The van der Waals surface area contributed by atoms with Gasteiger partial charge in [0.15, 0.2) is 17.3 Å². The van der Waals surface area contributed by atoms with E-state index in [1.807, 2.05) is 0 Å². The molecule has 12 heteroatoms. The first kappa shape index (κ1) is 24.0. The number of esters is 1. The van der Waals surface area contributed by atoms with Gasteiger partial charge in [-0.05, 0) is 25.5 Å². The minimum absolute atomic E-state index is 0.0166. The summed E-state index contributed by atoms with van der Waals surface area (Å²) in [5.41, 5.74) is 0.970. The smallest absolute Gasteiger partial charge is 0.356 e. The Kier molecular flexibility index (Phi) is 6.61. The fourth-order valence-electron chi connectivity index (χ4n) is 3.39. The Morgan fingerprint density at radius 3 is 2.63 bits per heavy atom. The first-order chi connectivity index (χ1) is 16.7. The maximum Gasteiger partial charge on any atom is 0.356 e. The number of carbonyl (C=O) groups is 1. The molecule has 0 N–H and O–H groups in total. The van der Waals surface area contributed by atoms with Gasteiger partial charge in [0.05, 0.1) is 25.2 Å². The summed E-state index contributed by atoms with van der Waals surface area (Å²) in [5, 5.41) is 3.88. The summed E-state index contributed by atoms with van der Waals surface area (Å²) < 4.78 is 39.9. The molecule has 0 aliphatic rings. The van der Waals surface area contributed by atoms with Crippen LogP contribution in [0.15, 0.2) is 47.7 Å². The second-order valence-electron chi connectivity index (χ2n) is 7.42. The number of aryl methyl sites for hydroxylation is 2. The van der Waals surface area contributed by atoms with E-state index in [4.69, 9.17) is 21.1 Å². The quantitative estimate of drug-likeness (QED) is 0.371. The van der Waals surface area contributed by atoms with Crippen molar-refractivity contribution in [3.05, 3.63) is 92.5 Å². The van der Waals surface area contributed by atoms with Crippen LogP contribution in [0.5, 0.6) is 5.75 Å². The molecule has 0 saturated heterocycles. The van der Waals surface area contributed by atoms with Gasteiger partial charge in [0.2, 0.25) is 0 Å². The van der Waals surface area contributed by atoms with Crippen LogP contribution in [0.25, 0.3) is 11.5 Å². The zero-order valence-electron chi connectivity index (χ0n) is 18.8. The molecule has 35 heavy (non-hydrogen) atoms. The van der Waals surface area contributed by atoms with Crippen LogP contribution in [-0.2, 0) is 11.3 Å². The lowest BCUT2D eigenvalue weighted by Crippen LogP contribution is -2.23. The zero-order chi connectivity index (χ0) is 25.3. The molecule has 0 aromatic carbocycles. The summed E-state index contributed by atoms with van der Waals surface area (Å²) >= 11 is 6.30. The van der Waals surface area contributed by atoms with Crippen molar-refractivity contribution >= 4 is 17.6 Å². The number of hydrogen-bond acceptors (Lipinski definition) is 7. The van der Waals surface area contributed by atoms with Crippen molar-refractivity contribution in [2.45, 2.75) is 20.5 Å². The first-order valence-corrected chi connectivity index (χ1v) is 10.5. The standard InChI is InChI=1S/C23H18ClF2N5O4/c1-12-9-28-20(31-17(4-5-29-31)23(33)34-3)8-18(12)30-13(2)6-19(21(24)22(30)32)35-11-16-15(26)7-14(25)10-27-16/h4-10H,11H2,1-3H3. The number of ether oxygens (including phenoxy) is 2. The van der Waals surface area contributed by atoms with Crippen molar-refractivity contribution < 1.29 is 23.0 Å². The first-order valence-electron chi connectivity index (χ1n) is 10.2. The molecule has 0 unspecified atom stereocenters. The van der Waals surface area contributed by atoms with Gasteiger partial charge >= 0.3 is 5.97 Å². The van der Waals surface area contributed by atoms with E-state index < -0.39 is 23.2 Å². The third-order valence-electron chi connectivity index (χ3n) is 5.10. The molecule has 0 bridgehead atoms. The summed E-state index contributed by atoms with van der Waals surface area (Å²) in [6.07, 6.45) is 3.81. The van der Waals surface area contributed by atoms with Crippen molar-refractivity contribution in [2.75, 3.05) is 7.11 Å². The summed E-state index contributed by atoms with van der Waals surface area (Å²) in [4.78, 5) is 33.2. The highest BCUT2D eigenvalue weighted by atomic mass is 35.5. The Balaban J connectivity index is 1.73. The van der Waals surface area contributed by atoms with Crippen molar-refractivity contribution in [1.29, 1.82) is 0 Å². The van der Waals surface area contributed by atoms with Crippen LogP contribution in [0.3, 0.4) is 0 Å². The third-order valence-corrected chi connectivity index (χ3v) is 5.45. The number of pyridine rings is 3. The number of carbonyl (C=O) groups excluding carboxylic acids is 1. The molecule has 4 heterocycles. The molecule has 4 aromatic rings. The van der Waals surface area contributed by atoms with Gasteiger partial charge < -0.3 is 9.47 Å². The second-order valence-corrected chi connectivity index (χ2v) is 7.80. The average Bonchev–Trinajstić information content (AvgIpc) is 3.32. The van der Waals surface area contributed by atoms with E-state index in [1.54, 1.807) is 19.9 Å². The van der Waals surface area contributed by atoms with Gasteiger partial charge in [0.25, 0.3) is 5.56 Å². The van der Waals surface area contributed by atoms with E-state index >= 15 is 0 Å². The molecule has 4 aromatic heterocycles. The molecule has 0 aliphatic heterocycles. The molecule has 4 rings (SSSR count). The summed E-state index contributed by atoms with van der Waals surface area (Å²) in [7, 11) is 1.25. The molecule has 180 valence electrons. The van der Waals surface area contributed by atoms with Gasteiger partial charge in [-0.1, -0.05) is 11.6 Å². The predicted molar refractivity (Wildman–Crippen MR) is 121 cm³/mol. The lowest BCUT2D eigenvalue weighted by molar-refractivity contribution is 0.0590. The third kappa shape index (κ3) is 4.62. The van der Waals surface area contributed by atoms with Crippen LogP contribution in [0.2, 0.25) is 5.02 Å². The summed E-state index contributed by atoms with van der Waals surface area (Å²) in [6, 6.07) is 5.26. The Labute approximate surface area is 202 Å². The van der Waals surface area contributed by atoms with Crippen LogP contribution < -0.4 is 10.3 Å². The minimum Gasteiger partial charge on any atom is -0.485 e. The highest BCUT2D eigenvalue weighted by molar-refractivity contribution is 6.31. The molecule has 0 aliphatic carbocycles. The number of nitrogens with zero attached hydrogens (tertiary/aromatic N) is 5. The predicted octanol–water partition coefficient (Wildman–Crippen LogP) is 3.73. The molecule has 0 saturated carbocycles. The Bertz CT molecular complexity index is 1500. The van der Waals surface area contributed by atoms with E-state index in [0.717, 1.165) is 6.20 Å². The monoisotopic (exact) mass is 501 g/mol. The van der Waals surface area contributed by atoms with Gasteiger partial charge in [-0.25, -0.2) is 23.2 Å². The van der Waals surface area contributed by atoms with Crippen LogP contribution >= 0.6 is 11.6 Å². The van der Waals surface area contributed by atoms with Gasteiger partial charge in [0.1, 0.15) is 28.9 Å². The van der Waals surface area contributed by atoms with Gasteiger partial charge in [0, 0.05) is 30.1 Å². The molecular formula is C23H18ClF2N5O4. The Hall–Kier alpha value is -4.12. The van der Waals surface area contributed by atoms with Crippen molar-refractivity contribution in [1.82, 2.24) is 24.3 Å². The Morgan fingerprint density at radius 2 is 1.91 bits per heavy atom. The topological polar surface area (TPSA) is 101 Å². The fraction of sp³-hybridized carbons (Fsp3) is 0.174. The van der Waals surface area contributed by atoms with Crippen LogP contribution in [0, 0.1) is 25.5 Å². The van der Waals surface area contributed by atoms with E-state index in [0.29, 0.717) is 23.0 Å². The summed E-state index contributed by atoms with van der Waals surface area (Å²) in [6.45, 7) is 3.06.